The SMILES string of the molecule is CCCC(NC(=O)[C@@H](NC(=O)OCC1c2ccccc2-c2ccccc21)[C@@H](C)OC)C(=O)O. The highest BCUT2D eigenvalue weighted by Crippen LogP contribution is 2.44. The van der Waals surface area contributed by atoms with E-state index in [0.29, 0.717) is 6.42 Å². The maximum absolute atomic E-state index is 12.7. The van der Waals surface area contributed by atoms with Crippen LogP contribution in [0.25, 0.3) is 11.1 Å². The van der Waals surface area contributed by atoms with Crippen LogP contribution in [0.1, 0.15) is 43.7 Å². The lowest BCUT2D eigenvalue weighted by Crippen LogP contribution is -2.56. The molecule has 1 aliphatic carbocycles. The molecule has 2 amide bonds. The molecule has 8 nitrogen and oxygen atoms in total. The fourth-order valence-corrected chi connectivity index (χ4v) is 4.11. The summed E-state index contributed by atoms with van der Waals surface area (Å²) in [5, 5.41) is 14.3. The van der Waals surface area contributed by atoms with Crippen molar-refractivity contribution in [3.63, 3.8) is 0 Å². The minimum atomic E-state index is -1.13. The molecule has 3 atom stereocenters. The number of hydrogen-bond acceptors (Lipinski definition) is 5. The quantitative estimate of drug-likeness (QED) is 0.508. The maximum Gasteiger partial charge on any atom is 0.407 e. The number of fused-ring (bicyclic) bond motifs is 3. The van der Waals surface area contributed by atoms with Gasteiger partial charge in [0.1, 0.15) is 18.7 Å². The third kappa shape index (κ3) is 5.51. The Morgan fingerprint density at radius 1 is 1.00 bits per heavy atom. The molecule has 176 valence electrons. The summed E-state index contributed by atoms with van der Waals surface area (Å²) < 4.78 is 10.7. The van der Waals surface area contributed by atoms with Gasteiger partial charge in [0.2, 0.25) is 5.91 Å². The predicted octanol–water partition coefficient (Wildman–Crippen LogP) is 3.30. The third-order valence-electron chi connectivity index (χ3n) is 5.93. The predicted molar refractivity (Wildman–Crippen MR) is 123 cm³/mol. The Morgan fingerprint density at radius 2 is 1.58 bits per heavy atom. The first kappa shape index (κ1) is 24.3. The van der Waals surface area contributed by atoms with Crippen LogP contribution in [-0.4, -0.2) is 55.0 Å². The Bertz CT molecular complexity index is 962. The van der Waals surface area contributed by atoms with Crippen LogP contribution >= 0.6 is 0 Å². The Kier molecular flexibility index (Phi) is 8.06. The van der Waals surface area contributed by atoms with Crippen molar-refractivity contribution in [2.24, 2.45) is 0 Å². The number of hydrogen-bond donors (Lipinski definition) is 3. The average Bonchev–Trinajstić information content (AvgIpc) is 3.14. The van der Waals surface area contributed by atoms with Gasteiger partial charge in [-0.15, -0.1) is 0 Å². The van der Waals surface area contributed by atoms with E-state index in [2.05, 4.69) is 10.6 Å². The van der Waals surface area contributed by atoms with Crippen molar-refractivity contribution in [2.75, 3.05) is 13.7 Å². The van der Waals surface area contributed by atoms with E-state index in [1.54, 1.807) is 6.92 Å². The second kappa shape index (κ2) is 11.0. The molecule has 3 N–H and O–H groups in total. The largest absolute Gasteiger partial charge is 0.480 e. The van der Waals surface area contributed by atoms with Gasteiger partial charge in [-0.2, -0.15) is 0 Å². The molecular weight excluding hydrogens is 424 g/mol. The highest BCUT2D eigenvalue weighted by atomic mass is 16.5. The Hall–Kier alpha value is -3.39. The zero-order valence-corrected chi connectivity index (χ0v) is 19.0. The molecule has 3 rings (SSSR count). The molecule has 1 unspecified atom stereocenters. The molecule has 0 saturated carbocycles. The molecule has 0 fully saturated rings. The summed E-state index contributed by atoms with van der Waals surface area (Å²) in [7, 11) is 1.41. The van der Waals surface area contributed by atoms with Crippen LogP contribution in [0.3, 0.4) is 0 Å². The van der Waals surface area contributed by atoms with Crippen molar-refractivity contribution >= 4 is 18.0 Å². The average molecular weight is 455 g/mol. The van der Waals surface area contributed by atoms with Crippen LogP contribution in [0.2, 0.25) is 0 Å². The Morgan fingerprint density at radius 3 is 2.09 bits per heavy atom. The molecule has 0 bridgehead atoms. The number of carboxylic acid groups (broad SMARTS) is 1. The van der Waals surface area contributed by atoms with E-state index in [-0.39, 0.29) is 18.9 Å². The number of carbonyl (C=O) groups is 3. The minimum Gasteiger partial charge on any atom is -0.480 e. The van der Waals surface area contributed by atoms with Gasteiger partial charge >= 0.3 is 12.1 Å². The monoisotopic (exact) mass is 454 g/mol. The van der Waals surface area contributed by atoms with Crippen LogP contribution in [0, 0.1) is 0 Å². The first-order chi connectivity index (χ1) is 15.9. The van der Waals surface area contributed by atoms with Crippen LogP contribution in [0.15, 0.2) is 48.5 Å². The number of carboxylic acids is 1. The van der Waals surface area contributed by atoms with Crippen LogP contribution in [0.5, 0.6) is 0 Å². The summed E-state index contributed by atoms with van der Waals surface area (Å²) in [6.45, 7) is 3.54. The topological polar surface area (TPSA) is 114 Å². The van der Waals surface area contributed by atoms with Gasteiger partial charge in [0.25, 0.3) is 0 Å². The number of aliphatic carboxylic acids is 1. The molecule has 33 heavy (non-hydrogen) atoms. The van der Waals surface area contributed by atoms with Crippen LogP contribution < -0.4 is 10.6 Å². The number of nitrogens with one attached hydrogen (secondary N) is 2. The second-order valence-electron chi connectivity index (χ2n) is 8.08. The first-order valence-corrected chi connectivity index (χ1v) is 11.0. The van der Waals surface area contributed by atoms with E-state index < -0.39 is 36.2 Å². The van der Waals surface area contributed by atoms with E-state index in [0.717, 1.165) is 22.3 Å². The standard InChI is InChI=1S/C25H30N2O6/c1-4-9-21(24(29)30)26-23(28)22(15(2)32-3)27-25(31)33-14-20-18-12-7-5-10-16(18)17-11-6-8-13-19(17)20/h5-8,10-13,15,20-22H,4,9,14H2,1-3H3,(H,26,28)(H,27,31)(H,29,30)/t15-,21?,22+/m1/s1. The zero-order chi connectivity index (χ0) is 24.0. The van der Waals surface area contributed by atoms with E-state index >= 15 is 0 Å². The van der Waals surface area contributed by atoms with E-state index in [4.69, 9.17) is 9.47 Å². The summed E-state index contributed by atoms with van der Waals surface area (Å²) in [5.74, 6) is -1.88. The number of methoxy groups -OCH3 is 1. The van der Waals surface area contributed by atoms with Gasteiger partial charge < -0.3 is 25.2 Å². The van der Waals surface area contributed by atoms with Gasteiger partial charge in [0.05, 0.1) is 6.10 Å². The third-order valence-corrected chi connectivity index (χ3v) is 5.93. The van der Waals surface area contributed by atoms with Gasteiger partial charge in [0, 0.05) is 13.0 Å². The lowest BCUT2D eigenvalue weighted by molar-refractivity contribution is -0.142. The Balaban J connectivity index is 1.68. The van der Waals surface area contributed by atoms with E-state index in [9.17, 15) is 19.5 Å². The Labute approximate surface area is 193 Å². The number of rotatable bonds is 10. The summed E-state index contributed by atoms with van der Waals surface area (Å²) in [4.78, 5) is 36.8. The van der Waals surface area contributed by atoms with Crippen molar-refractivity contribution in [1.82, 2.24) is 10.6 Å². The molecule has 0 aromatic heterocycles. The second-order valence-corrected chi connectivity index (χ2v) is 8.08. The number of alkyl carbamates (subject to hydrolysis) is 1. The zero-order valence-electron chi connectivity index (χ0n) is 19.0. The molecule has 2 aromatic rings. The fraction of sp³-hybridized carbons (Fsp3) is 0.400. The highest BCUT2D eigenvalue weighted by molar-refractivity contribution is 5.89. The fourth-order valence-electron chi connectivity index (χ4n) is 4.11. The first-order valence-electron chi connectivity index (χ1n) is 11.0. The van der Waals surface area contributed by atoms with Crippen molar-refractivity contribution in [3.8, 4) is 11.1 Å². The summed E-state index contributed by atoms with van der Waals surface area (Å²) in [6, 6.07) is 13.8. The van der Waals surface area contributed by atoms with Crippen molar-refractivity contribution < 1.29 is 29.0 Å². The molecule has 0 saturated heterocycles. The smallest absolute Gasteiger partial charge is 0.407 e. The van der Waals surface area contributed by atoms with Crippen molar-refractivity contribution in [1.29, 1.82) is 0 Å². The van der Waals surface area contributed by atoms with Crippen molar-refractivity contribution in [2.45, 2.75) is 50.8 Å². The van der Waals surface area contributed by atoms with Crippen molar-refractivity contribution in [3.05, 3.63) is 59.7 Å². The number of benzene rings is 2. The molecule has 2 aromatic carbocycles. The highest BCUT2D eigenvalue weighted by Gasteiger charge is 2.32. The molecule has 0 heterocycles. The number of amides is 2. The van der Waals surface area contributed by atoms with Crippen LogP contribution in [-0.2, 0) is 19.1 Å². The van der Waals surface area contributed by atoms with Gasteiger partial charge in [0.15, 0.2) is 0 Å². The number of ether oxygens (including phenoxy) is 2. The minimum absolute atomic E-state index is 0.100. The number of carbonyl (C=O) groups excluding carboxylic acids is 2. The molecular formula is C25H30N2O6. The van der Waals surface area contributed by atoms with Gasteiger partial charge in [-0.25, -0.2) is 9.59 Å². The molecule has 1 aliphatic rings. The van der Waals surface area contributed by atoms with Gasteiger partial charge in [-0.3, -0.25) is 4.79 Å². The summed E-state index contributed by atoms with van der Waals surface area (Å²) in [5.41, 5.74) is 4.39. The lowest BCUT2D eigenvalue weighted by Gasteiger charge is -2.25. The van der Waals surface area contributed by atoms with E-state index in [1.807, 2.05) is 55.5 Å². The van der Waals surface area contributed by atoms with Crippen LogP contribution in [0.4, 0.5) is 4.79 Å². The lowest BCUT2D eigenvalue weighted by atomic mass is 9.98. The van der Waals surface area contributed by atoms with Gasteiger partial charge in [-0.05, 0) is 35.6 Å². The normalized spacial score (nSPS) is 15.0. The van der Waals surface area contributed by atoms with Gasteiger partial charge in [-0.1, -0.05) is 61.9 Å². The molecule has 0 radical (unpaired) electrons. The summed E-state index contributed by atoms with van der Waals surface area (Å²) in [6.07, 6.45) is -0.605. The maximum atomic E-state index is 12.7. The van der Waals surface area contributed by atoms with E-state index in [1.165, 1.54) is 7.11 Å². The summed E-state index contributed by atoms with van der Waals surface area (Å²) >= 11 is 0. The molecule has 0 spiro atoms. The molecule has 8 heteroatoms. The molecule has 0 aliphatic heterocycles.